The van der Waals surface area contributed by atoms with Crippen LogP contribution >= 0.6 is 11.8 Å². The summed E-state index contributed by atoms with van der Waals surface area (Å²) in [4.78, 5) is 13.5. The Morgan fingerprint density at radius 2 is 1.97 bits per heavy atom. The molecule has 0 amide bonds. The topological polar surface area (TPSA) is 70.9 Å². The number of fused-ring (bicyclic) bond motifs is 1. The first-order valence-electron chi connectivity index (χ1n) is 10.8. The molecule has 32 heavy (non-hydrogen) atoms. The molecule has 2 aliphatic rings. The van der Waals surface area contributed by atoms with Crippen molar-refractivity contribution in [3.8, 4) is 5.75 Å². The van der Waals surface area contributed by atoms with E-state index in [0.717, 1.165) is 41.5 Å². The second kappa shape index (κ2) is 10.4. The van der Waals surface area contributed by atoms with Crippen molar-refractivity contribution in [3.05, 3.63) is 58.4 Å². The SMILES string of the molecule is CCC1(CC2Cc3ccc(F)cc3N2)CSC(COc2cc(C)c(C)c(C)c2)=N1.O=CO. The third-order valence-electron chi connectivity index (χ3n) is 6.31. The van der Waals surface area contributed by atoms with Gasteiger partial charge >= 0.3 is 0 Å². The van der Waals surface area contributed by atoms with E-state index in [1.165, 1.54) is 22.3 Å². The van der Waals surface area contributed by atoms with E-state index in [9.17, 15) is 4.39 Å². The van der Waals surface area contributed by atoms with Gasteiger partial charge in [-0.05, 0) is 86.6 Å². The minimum atomic E-state index is -0.250. The molecule has 0 aromatic heterocycles. The van der Waals surface area contributed by atoms with E-state index in [-0.39, 0.29) is 17.8 Å². The number of nitrogens with one attached hydrogen (secondary N) is 1. The molecule has 2 heterocycles. The molecule has 4 rings (SSSR count). The smallest absolute Gasteiger partial charge is 0.290 e. The summed E-state index contributed by atoms with van der Waals surface area (Å²) in [7, 11) is 0. The average Bonchev–Trinajstić information content (AvgIpc) is 3.34. The Hall–Kier alpha value is -2.54. The van der Waals surface area contributed by atoms with Crippen molar-refractivity contribution in [3.63, 3.8) is 0 Å². The van der Waals surface area contributed by atoms with Gasteiger partial charge in [0.1, 0.15) is 23.2 Å². The lowest BCUT2D eigenvalue weighted by Gasteiger charge is -2.27. The molecule has 2 aromatic carbocycles. The van der Waals surface area contributed by atoms with Gasteiger partial charge in [0.25, 0.3) is 6.47 Å². The minimum Gasteiger partial charge on any atom is -0.487 e. The molecule has 172 valence electrons. The largest absolute Gasteiger partial charge is 0.487 e. The first-order valence-corrected chi connectivity index (χ1v) is 11.8. The molecule has 0 saturated carbocycles. The first-order chi connectivity index (χ1) is 15.3. The van der Waals surface area contributed by atoms with Crippen LogP contribution in [-0.2, 0) is 11.2 Å². The molecular weight excluding hydrogens is 427 g/mol. The number of nitrogens with zero attached hydrogens (tertiary/aromatic N) is 1. The van der Waals surface area contributed by atoms with E-state index in [2.05, 4.69) is 45.1 Å². The van der Waals surface area contributed by atoms with Crippen LogP contribution in [0.2, 0.25) is 0 Å². The van der Waals surface area contributed by atoms with Gasteiger partial charge in [-0.1, -0.05) is 13.0 Å². The second-order valence-electron chi connectivity index (χ2n) is 8.50. The third-order valence-corrected chi connectivity index (χ3v) is 7.54. The fourth-order valence-electron chi connectivity index (χ4n) is 4.25. The summed E-state index contributed by atoms with van der Waals surface area (Å²) in [6, 6.07) is 9.56. The Morgan fingerprint density at radius 1 is 1.28 bits per heavy atom. The van der Waals surface area contributed by atoms with Crippen molar-refractivity contribution in [1.82, 2.24) is 0 Å². The van der Waals surface area contributed by atoms with E-state index in [1.807, 2.05) is 17.8 Å². The Morgan fingerprint density at radius 3 is 2.62 bits per heavy atom. The number of aryl methyl sites for hydroxylation is 2. The molecule has 0 radical (unpaired) electrons. The molecule has 0 fully saturated rings. The van der Waals surface area contributed by atoms with Crippen LogP contribution in [0.15, 0.2) is 35.3 Å². The number of carboxylic acid groups (broad SMARTS) is 1. The molecule has 2 aliphatic heterocycles. The fourth-order valence-corrected chi connectivity index (χ4v) is 5.48. The van der Waals surface area contributed by atoms with Gasteiger partial charge < -0.3 is 15.2 Å². The number of anilines is 1. The van der Waals surface area contributed by atoms with Gasteiger partial charge in [0.15, 0.2) is 0 Å². The van der Waals surface area contributed by atoms with Gasteiger partial charge in [-0.15, -0.1) is 11.8 Å². The lowest BCUT2D eigenvalue weighted by molar-refractivity contribution is -0.122. The molecule has 2 N–H and O–H groups in total. The van der Waals surface area contributed by atoms with Gasteiger partial charge in [0, 0.05) is 17.5 Å². The Kier molecular flexibility index (Phi) is 7.82. The average molecular weight is 459 g/mol. The maximum Gasteiger partial charge on any atom is 0.290 e. The standard InChI is InChI=1S/C24H29FN2OS.CH2O2/c1-5-24(12-20-10-18-6-7-19(25)11-22(18)26-20)14-29-23(27-24)13-28-21-8-15(2)17(4)16(3)9-21;2-1-3/h6-9,11,20,26H,5,10,12-14H2,1-4H3;1H,(H,2,3). The maximum atomic E-state index is 13.5. The lowest BCUT2D eigenvalue weighted by Crippen LogP contribution is -2.34. The van der Waals surface area contributed by atoms with E-state index >= 15 is 0 Å². The van der Waals surface area contributed by atoms with Gasteiger partial charge in [0.2, 0.25) is 0 Å². The summed E-state index contributed by atoms with van der Waals surface area (Å²) in [6.45, 7) is 8.88. The summed E-state index contributed by atoms with van der Waals surface area (Å²) in [5.74, 6) is 1.72. The van der Waals surface area contributed by atoms with Crippen LogP contribution in [0.1, 0.15) is 42.0 Å². The maximum absolute atomic E-state index is 13.5. The second-order valence-corrected chi connectivity index (χ2v) is 9.55. The zero-order valence-corrected chi connectivity index (χ0v) is 19.9. The number of carbonyl (C=O) groups is 1. The molecule has 5 nitrogen and oxygen atoms in total. The van der Waals surface area contributed by atoms with Crippen LogP contribution in [0.25, 0.3) is 0 Å². The van der Waals surface area contributed by atoms with E-state index in [0.29, 0.717) is 12.6 Å². The normalized spacial score (nSPS) is 21.2. The summed E-state index contributed by atoms with van der Waals surface area (Å²) < 4.78 is 19.6. The van der Waals surface area contributed by atoms with Crippen LogP contribution in [0.5, 0.6) is 5.75 Å². The Labute approximate surface area is 193 Å². The Bertz CT molecular complexity index is 988. The summed E-state index contributed by atoms with van der Waals surface area (Å²) in [5.41, 5.74) is 5.90. The summed E-state index contributed by atoms with van der Waals surface area (Å²) in [6.07, 6.45) is 2.89. The van der Waals surface area contributed by atoms with Crippen molar-refractivity contribution in [2.24, 2.45) is 4.99 Å². The van der Waals surface area contributed by atoms with Gasteiger partial charge in [-0.25, -0.2) is 4.39 Å². The molecule has 2 aromatic rings. The molecule has 7 heteroatoms. The number of aliphatic imine (C=N–C) groups is 1. The number of benzene rings is 2. The van der Waals surface area contributed by atoms with Crippen molar-refractivity contribution in [2.75, 3.05) is 17.7 Å². The van der Waals surface area contributed by atoms with Gasteiger partial charge in [0.05, 0.1) is 5.54 Å². The number of hydrogen-bond donors (Lipinski definition) is 2. The number of hydrogen-bond acceptors (Lipinski definition) is 5. The van der Waals surface area contributed by atoms with Gasteiger partial charge in [-0.3, -0.25) is 9.79 Å². The quantitative estimate of drug-likeness (QED) is 0.555. The number of ether oxygens (including phenoxy) is 1. The fraction of sp³-hybridized carbons (Fsp3) is 0.440. The summed E-state index contributed by atoms with van der Waals surface area (Å²) >= 11 is 1.81. The molecule has 2 atom stereocenters. The van der Waals surface area contributed by atoms with E-state index in [4.69, 9.17) is 19.6 Å². The van der Waals surface area contributed by atoms with Crippen LogP contribution in [0.4, 0.5) is 10.1 Å². The van der Waals surface area contributed by atoms with Crippen molar-refractivity contribution < 1.29 is 19.0 Å². The Balaban J connectivity index is 0.000000913. The summed E-state index contributed by atoms with van der Waals surface area (Å²) in [5, 5.41) is 11.5. The first kappa shape index (κ1) is 24.1. The molecular formula is C25H31FN2O3S. The van der Waals surface area contributed by atoms with Crippen molar-refractivity contribution in [1.29, 1.82) is 0 Å². The molecule has 0 saturated heterocycles. The highest BCUT2D eigenvalue weighted by molar-refractivity contribution is 8.14. The number of thioether (sulfide) groups is 1. The van der Waals surface area contributed by atoms with E-state index < -0.39 is 0 Å². The predicted octanol–water partition coefficient (Wildman–Crippen LogP) is 5.55. The van der Waals surface area contributed by atoms with E-state index in [1.54, 1.807) is 12.1 Å². The van der Waals surface area contributed by atoms with Gasteiger partial charge in [-0.2, -0.15) is 0 Å². The molecule has 0 bridgehead atoms. The number of halogens is 1. The van der Waals surface area contributed by atoms with Crippen LogP contribution in [0.3, 0.4) is 0 Å². The predicted molar refractivity (Wildman–Crippen MR) is 130 cm³/mol. The highest BCUT2D eigenvalue weighted by Gasteiger charge is 2.38. The highest BCUT2D eigenvalue weighted by atomic mass is 32.2. The van der Waals surface area contributed by atoms with Crippen LogP contribution in [-0.4, -0.2) is 40.6 Å². The highest BCUT2D eigenvalue weighted by Crippen LogP contribution is 2.38. The zero-order valence-electron chi connectivity index (χ0n) is 19.1. The monoisotopic (exact) mass is 458 g/mol. The number of rotatable bonds is 6. The minimum absolute atomic E-state index is 0.0687. The van der Waals surface area contributed by atoms with Crippen molar-refractivity contribution >= 4 is 29.0 Å². The molecule has 2 unspecified atom stereocenters. The van der Waals surface area contributed by atoms with Crippen LogP contribution in [0, 0.1) is 26.6 Å². The molecule has 0 aliphatic carbocycles. The third kappa shape index (κ3) is 5.63. The zero-order chi connectivity index (χ0) is 23.3. The van der Waals surface area contributed by atoms with Crippen LogP contribution < -0.4 is 10.1 Å². The lowest BCUT2D eigenvalue weighted by atomic mass is 9.89. The van der Waals surface area contributed by atoms with Crippen molar-refractivity contribution in [2.45, 2.75) is 58.5 Å². The molecule has 0 spiro atoms.